The number of nitrogens with one attached hydrogen (secondary N) is 2. The molecule has 0 saturated heterocycles. The summed E-state index contributed by atoms with van der Waals surface area (Å²) in [6, 6.07) is 7.43. The molecule has 0 atom stereocenters. The molecule has 0 aliphatic rings. The Hall–Kier alpha value is -1.30. The predicted octanol–water partition coefficient (Wildman–Crippen LogP) is 3.88. The summed E-state index contributed by atoms with van der Waals surface area (Å²) in [5.41, 5.74) is 1.85. The van der Waals surface area contributed by atoms with Crippen molar-refractivity contribution in [1.82, 2.24) is 15.1 Å². The summed E-state index contributed by atoms with van der Waals surface area (Å²) < 4.78 is 1.89. The van der Waals surface area contributed by atoms with Gasteiger partial charge in [0, 0.05) is 23.8 Å². The number of thiocarbonyl (C=S) groups is 1. The lowest BCUT2D eigenvalue weighted by Crippen LogP contribution is -2.29. The van der Waals surface area contributed by atoms with Crippen molar-refractivity contribution >= 4 is 46.2 Å². The van der Waals surface area contributed by atoms with Crippen LogP contribution in [0.5, 0.6) is 0 Å². The zero-order valence-corrected chi connectivity index (χ0v) is 13.9. The fourth-order valence-electron chi connectivity index (χ4n) is 1.82. The zero-order chi connectivity index (χ0) is 15.2. The molecule has 0 unspecified atom stereocenters. The average Bonchev–Trinajstić information content (AvgIpc) is 2.75. The highest BCUT2D eigenvalue weighted by atomic mass is 35.5. The first-order valence-corrected chi connectivity index (χ1v) is 7.71. The minimum Gasteiger partial charge on any atom is -0.362 e. The summed E-state index contributed by atoms with van der Waals surface area (Å²) in [5, 5.41) is 12.4. The van der Waals surface area contributed by atoms with Crippen LogP contribution in [0.2, 0.25) is 10.0 Å². The SMILES string of the molecule is Cc1c(Cl)cnn1CCCNC(=S)Nc1cccc(Cl)c1. The smallest absolute Gasteiger partial charge is 0.170 e. The molecule has 112 valence electrons. The highest BCUT2D eigenvalue weighted by Gasteiger charge is 2.03. The molecule has 0 radical (unpaired) electrons. The third-order valence-corrected chi connectivity index (χ3v) is 3.81. The Labute approximate surface area is 139 Å². The molecule has 4 nitrogen and oxygen atoms in total. The molecule has 0 spiro atoms. The van der Waals surface area contributed by atoms with Gasteiger partial charge in [-0.3, -0.25) is 4.68 Å². The first kappa shape index (κ1) is 16.1. The summed E-state index contributed by atoms with van der Waals surface area (Å²) in [6.07, 6.45) is 2.56. The van der Waals surface area contributed by atoms with E-state index >= 15 is 0 Å². The van der Waals surface area contributed by atoms with Crippen LogP contribution in [0.1, 0.15) is 12.1 Å². The molecule has 1 heterocycles. The number of aryl methyl sites for hydroxylation is 1. The maximum atomic E-state index is 5.96. The molecule has 0 fully saturated rings. The van der Waals surface area contributed by atoms with Gasteiger partial charge in [0.15, 0.2) is 5.11 Å². The summed E-state index contributed by atoms with van der Waals surface area (Å²) in [7, 11) is 0. The van der Waals surface area contributed by atoms with Crippen LogP contribution in [-0.2, 0) is 6.54 Å². The number of hydrogen-bond acceptors (Lipinski definition) is 2. The summed E-state index contributed by atoms with van der Waals surface area (Å²) in [4.78, 5) is 0. The van der Waals surface area contributed by atoms with Gasteiger partial charge in [0.1, 0.15) is 0 Å². The van der Waals surface area contributed by atoms with Gasteiger partial charge >= 0.3 is 0 Å². The largest absolute Gasteiger partial charge is 0.362 e. The lowest BCUT2D eigenvalue weighted by Gasteiger charge is -2.11. The second-order valence-corrected chi connectivity index (χ2v) is 5.80. The van der Waals surface area contributed by atoms with Gasteiger partial charge < -0.3 is 10.6 Å². The molecule has 0 saturated carbocycles. The second-order valence-electron chi connectivity index (χ2n) is 4.55. The van der Waals surface area contributed by atoms with Crippen LogP contribution in [-0.4, -0.2) is 21.4 Å². The molecule has 1 aromatic carbocycles. The average molecular weight is 343 g/mol. The number of anilines is 1. The molecule has 1 aromatic heterocycles. The third-order valence-electron chi connectivity index (χ3n) is 2.96. The Bertz CT molecular complexity index is 627. The van der Waals surface area contributed by atoms with Gasteiger partial charge in [0.05, 0.1) is 16.9 Å². The highest BCUT2D eigenvalue weighted by Crippen LogP contribution is 2.15. The molecule has 2 aromatic rings. The number of rotatable bonds is 5. The van der Waals surface area contributed by atoms with E-state index in [1.807, 2.05) is 35.9 Å². The monoisotopic (exact) mass is 342 g/mol. The van der Waals surface area contributed by atoms with Gasteiger partial charge in [0.2, 0.25) is 0 Å². The maximum absolute atomic E-state index is 5.96. The van der Waals surface area contributed by atoms with Crippen molar-refractivity contribution in [3.05, 3.63) is 46.2 Å². The molecule has 2 rings (SSSR count). The van der Waals surface area contributed by atoms with E-state index in [2.05, 4.69) is 15.7 Å². The lowest BCUT2D eigenvalue weighted by molar-refractivity contribution is 0.561. The van der Waals surface area contributed by atoms with Gasteiger partial charge in [-0.15, -0.1) is 0 Å². The molecular formula is C14H16Cl2N4S. The Morgan fingerprint density at radius 3 is 2.86 bits per heavy atom. The van der Waals surface area contributed by atoms with Gasteiger partial charge in [-0.1, -0.05) is 29.3 Å². The second kappa shape index (κ2) is 7.64. The fraction of sp³-hybridized carbons (Fsp3) is 0.286. The van der Waals surface area contributed by atoms with Crippen LogP contribution in [0.4, 0.5) is 5.69 Å². The van der Waals surface area contributed by atoms with Crippen molar-refractivity contribution in [3.8, 4) is 0 Å². The van der Waals surface area contributed by atoms with E-state index in [0.29, 0.717) is 15.2 Å². The Morgan fingerprint density at radius 1 is 1.38 bits per heavy atom. The van der Waals surface area contributed by atoms with E-state index in [1.54, 1.807) is 6.20 Å². The van der Waals surface area contributed by atoms with Crippen molar-refractivity contribution in [3.63, 3.8) is 0 Å². The van der Waals surface area contributed by atoms with E-state index < -0.39 is 0 Å². The van der Waals surface area contributed by atoms with E-state index in [1.165, 1.54) is 0 Å². The quantitative estimate of drug-likeness (QED) is 0.639. The summed E-state index contributed by atoms with van der Waals surface area (Å²) in [6.45, 7) is 3.50. The molecule has 0 bridgehead atoms. The minimum absolute atomic E-state index is 0.576. The number of hydrogen-bond donors (Lipinski definition) is 2. The van der Waals surface area contributed by atoms with Gasteiger partial charge in [-0.2, -0.15) is 5.10 Å². The highest BCUT2D eigenvalue weighted by molar-refractivity contribution is 7.80. The number of benzene rings is 1. The van der Waals surface area contributed by atoms with E-state index in [9.17, 15) is 0 Å². The topological polar surface area (TPSA) is 41.9 Å². The van der Waals surface area contributed by atoms with Crippen molar-refractivity contribution in [2.45, 2.75) is 19.9 Å². The Balaban J connectivity index is 1.71. The first-order valence-electron chi connectivity index (χ1n) is 6.54. The van der Waals surface area contributed by atoms with Crippen molar-refractivity contribution in [2.24, 2.45) is 0 Å². The molecule has 0 aliphatic carbocycles. The van der Waals surface area contributed by atoms with Crippen molar-refractivity contribution in [1.29, 1.82) is 0 Å². The van der Waals surface area contributed by atoms with Gasteiger partial charge in [-0.25, -0.2) is 0 Å². The van der Waals surface area contributed by atoms with Crippen LogP contribution < -0.4 is 10.6 Å². The van der Waals surface area contributed by atoms with E-state index in [0.717, 1.165) is 30.9 Å². The van der Waals surface area contributed by atoms with Gasteiger partial charge in [0.25, 0.3) is 0 Å². The minimum atomic E-state index is 0.576. The van der Waals surface area contributed by atoms with E-state index in [4.69, 9.17) is 35.4 Å². The van der Waals surface area contributed by atoms with Crippen LogP contribution >= 0.6 is 35.4 Å². The van der Waals surface area contributed by atoms with Crippen LogP contribution in [0.15, 0.2) is 30.5 Å². The Kier molecular flexibility index (Phi) is 5.85. The number of nitrogens with zero attached hydrogens (tertiary/aromatic N) is 2. The third kappa shape index (κ3) is 4.88. The number of halogens is 2. The molecule has 0 aliphatic heterocycles. The predicted molar refractivity (Wildman–Crippen MR) is 92.3 cm³/mol. The van der Waals surface area contributed by atoms with Crippen molar-refractivity contribution in [2.75, 3.05) is 11.9 Å². The molecular weight excluding hydrogens is 327 g/mol. The molecule has 2 N–H and O–H groups in total. The molecule has 21 heavy (non-hydrogen) atoms. The van der Waals surface area contributed by atoms with Gasteiger partial charge in [-0.05, 0) is 43.8 Å². The summed E-state index contributed by atoms with van der Waals surface area (Å²) >= 11 is 17.1. The zero-order valence-electron chi connectivity index (χ0n) is 11.6. The molecule has 7 heteroatoms. The maximum Gasteiger partial charge on any atom is 0.170 e. The Morgan fingerprint density at radius 2 is 2.19 bits per heavy atom. The van der Waals surface area contributed by atoms with Crippen LogP contribution in [0.3, 0.4) is 0 Å². The number of aromatic nitrogens is 2. The fourth-order valence-corrected chi connectivity index (χ4v) is 2.37. The van der Waals surface area contributed by atoms with Crippen molar-refractivity contribution < 1.29 is 0 Å². The lowest BCUT2D eigenvalue weighted by atomic mass is 10.3. The summed E-state index contributed by atoms with van der Waals surface area (Å²) in [5.74, 6) is 0. The standard InChI is InChI=1S/C14H16Cl2N4S/c1-10-13(16)9-18-20(10)7-3-6-17-14(21)19-12-5-2-4-11(15)8-12/h2,4-5,8-9H,3,6-7H2,1H3,(H2,17,19,21). The normalized spacial score (nSPS) is 10.4. The first-order chi connectivity index (χ1) is 10.1. The van der Waals surface area contributed by atoms with Crippen LogP contribution in [0, 0.1) is 6.92 Å². The van der Waals surface area contributed by atoms with E-state index in [-0.39, 0.29) is 0 Å². The van der Waals surface area contributed by atoms with Crippen LogP contribution in [0.25, 0.3) is 0 Å². The molecule has 0 amide bonds.